The number of carbonyl (C=O) groups is 4. The third-order valence-corrected chi connectivity index (χ3v) is 4.64. The fraction of sp³-hybridized carbons (Fsp3) is 0.364. The van der Waals surface area contributed by atoms with Gasteiger partial charge in [0.05, 0.1) is 24.6 Å². The van der Waals surface area contributed by atoms with Crippen LogP contribution in [0.3, 0.4) is 0 Å². The molecule has 10 heteroatoms. The summed E-state index contributed by atoms with van der Waals surface area (Å²) in [5.41, 5.74) is 2.77. The number of nitrogens with one attached hydrogen (secondary N) is 2. The molecule has 0 saturated carbocycles. The van der Waals surface area contributed by atoms with E-state index in [0.29, 0.717) is 22.3 Å². The molecule has 0 bridgehead atoms. The molecule has 0 saturated heterocycles. The Morgan fingerprint density at radius 3 is 1.56 bits per heavy atom. The van der Waals surface area contributed by atoms with Crippen LogP contribution in [0.4, 0.5) is 21.0 Å². The van der Waals surface area contributed by atoms with Gasteiger partial charge in [0, 0.05) is 24.0 Å². The van der Waals surface area contributed by atoms with E-state index in [0.717, 1.165) is 0 Å². The van der Waals surface area contributed by atoms with Crippen LogP contribution in [0.1, 0.15) is 36.1 Å². The maximum atomic E-state index is 11.7. The minimum atomic E-state index is -1.40. The Balaban J connectivity index is 3.49. The fourth-order valence-electron chi connectivity index (χ4n) is 2.99. The molecule has 1 rings (SSSR count). The predicted octanol–water partition coefficient (Wildman–Crippen LogP) is 3.81. The highest BCUT2D eigenvalue weighted by molar-refractivity contribution is 5.97. The highest BCUT2D eigenvalue weighted by atomic mass is 16.5. The first-order valence-electron chi connectivity index (χ1n) is 9.66. The number of rotatable bonds is 10. The van der Waals surface area contributed by atoms with Crippen molar-refractivity contribution in [2.45, 2.75) is 40.5 Å². The van der Waals surface area contributed by atoms with E-state index in [4.69, 9.17) is 9.47 Å². The Kier molecular flexibility index (Phi) is 9.45. The van der Waals surface area contributed by atoms with Crippen molar-refractivity contribution in [2.75, 3.05) is 23.8 Å². The van der Waals surface area contributed by atoms with E-state index in [-0.39, 0.29) is 48.6 Å². The molecule has 2 amide bonds. The number of ether oxygens (including phenoxy) is 2. The van der Waals surface area contributed by atoms with Crippen LogP contribution in [-0.4, -0.2) is 47.6 Å². The van der Waals surface area contributed by atoms with Gasteiger partial charge in [-0.2, -0.15) is 0 Å². The van der Waals surface area contributed by atoms with E-state index >= 15 is 0 Å². The number of hydrogen-bond donors (Lipinski definition) is 4. The zero-order chi connectivity index (χ0) is 24.6. The van der Waals surface area contributed by atoms with E-state index in [9.17, 15) is 29.4 Å². The molecule has 10 nitrogen and oxygen atoms in total. The largest absolute Gasteiger partial charge is 0.465 e. The van der Waals surface area contributed by atoms with Gasteiger partial charge in [0.15, 0.2) is 0 Å². The second-order valence-electron chi connectivity index (χ2n) is 7.15. The average molecular weight is 448 g/mol. The third-order valence-electron chi connectivity index (χ3n) is 4.64. The molecule has 0 atom stereocenters. The Labute approximate surface area is 185 Å². The second kappa shape index (κ2) is 11.5. The highest BCUT2D eigenvalue weighted by Crippen LogP contribution is 2.37. The van der Waals surface area contributed by atoms with Crippen LogP contribution in [-0.2, 0) is 31.9 Å². The summed E-state index contributed by atoms with van der Waals surface area (Å²) in [5.74, 6) is -1.17. The molecule has 0 heterocycles. The molecule has 0 spiro atoms. The first-order valence-corrected chi connectivity index (χ1v) is 9.66. The van der Waals surface area contributed by atoms with Gasteiger partial charge in [0.1, 0.15) is 0 Å². The fourth-order valence-corrected chi connectivity index (χ4v) is 2.99. The highest BCUT2D eigenvalue weighted by Gasteiger charge is 2.23. The molecule has 0 fully saturated rings. The van der Waals surface area contributed by atoms with Crippen LogP contribution in [0.25, 0.3) is 0 Å². The monoisotopic (exact) mass is 448 g/mol. The maximum Gasteiger partial charge on any atom is 0.409 e. The standard InChI is InChI=1S/C22H28N2O8/c1-11(2)19(25)31-9-7-15-13(5)14(6)17(23-21(27)28)18(24-22(29)30)16(15)8-10-32-20(26)12(3)4/h23-24H,1,3,7-10H2,2,4-6H3,(H,27,28)(H,29,30). The lowest BCUT2D eigenvalue weighted by atomic mass is 9.90. The summed E-state index contributed by atoms with van der Waals surface area (Å²) in [7, 11) is 0. The first kappa shape index (κ1) is 26.2. The van der Waals surface area contributed by atoms with Gasteiger partial charge in [0.2, 0.25) is 0 Å². The lowest BCUT2D eigenvalue weighted by Gasteiger charge is -2.23. The van der Waals surface area contributed by atoms with E-state index in [1.165, 1.54) is 13.8 Å². The van der Waals surface area contributed by atoms with Crippen molar-refractivity contribution in [3.63, 3.8) is 0 Å². The summed E-state index contributed by atoms with van der Waals surface area (Å²) in [6.07, 6.45) is -2.48. The van der Waals surface area contributed by atoms with E-state index in [2.05, 4.69) is 23.8 Å². The van der Waals surface area contributed by atoms with Crippen molar-refractivity contribution in [1.29, 1.82) is 0 Å². The van der Waals surface area contributed by atoms with Crippen LogP contribution < -0.4 is 10.6 Å². The zero-order valence-corrected chi connectivity index (χ0v) is 18.6. The topological polar surface area (TPSA) is 151 Å². The van der Waals surface area contributed by atoms with Gasteiger partial charge in [-0.15, -0.1) is 0 Å². The number of anilines is 2. The van der Waals surface area contributed by atoms with Crippen molar-refractivity contribution in [3.05, 3.63) is 46.6 Å². The van der Waals surface area contributed by atoms with Gasteiger partial charge in [-0.1, -0.05) is 13.2 Å². The molecule has 174 valence electrons. The third kappa shape index (κ3) is 7.15. The molecule has 32 heavy (non-hydrogen) atoms. The summed E-state index contributed by atoms with van der Waals surface area (Å²) in [4.78, 5) is 46.2. The summed E-state index contributed by atoms with van der Waals surface area (Å²) < 4.78 is 10.3. The Bertz CT molecular complexity index is 965. The Morgan fingerprint density at radius 2 is 1.16 bits per heavy atom. The number of carboxylic acid groups (broad SMARTS) is 2. The Morgan fingerprint density at radius 1 is 0.750 bits per heavy atom. The normalized spacial score (nSPS) is 10.1. The molecular formula is C22H28N2O8. The molecule has 4 N–H and O–H groups in total. The van der Waals surface area contributed by atoms with Crippen molar-refractivity contribution >= 4 is 35.5 Å². The number of hydrogen-bond acceptors (Lipinski definition) is 6. The molecule has 0 aliphatic carbocycles. The summed E-state index contributed by atoms with van der Waals surface area (Å²) in [5, 5.41) is 23.0. The zero-order valence-electron chi connectivity index (χ0n) is 18.6. The molecule has 0 aliphatic rings. The summed E-state index contributed by atoms with van der Waals surface area (Å²) >= 11 is 0. The average Bonchev–Trinajstić information content (AvgIpc) is 2.69. The number of carbonyl (C=O) groups excluding carboxylic acids is 2. The van der Waals surface area contributed by atoms with Gasteiger partial charge >= 0.3 is 24.1 Å². The number of esters is 2. The molecule has 0 radical (unpaired) electrons. The molecule has 0 aliphatic heterocycles. The SMILES string of the molecule is C=C(C)C(=O)OCCc1c(C)c(C)c(NC(=O)O)c(NC(=O)O)c1CCOC(=O)C(=C)C. The van der Waals surface area contributed by atoms with Crippen LogP contribution in [0.2, 0.25) is 0 Å². The molecule has 0 unspecified atom stereocenters. The number of benzene rings is 1. The predicted molar refractivity (Wildman–Crippen MR) is 118 cm³/mol. The lowest BCUT2D eigenvalue weighted by Crippen LogP contribution is -2.20. The maximum absolute atomic E-state index is 11.7. The van der Waals surface area contributed by atoms with Crippen LogP contribution in [0.5, 0.6) is 0 Å². The van der Waals surface area contributed by atoms with Gasteiger partial charge in [-0.3, -0.25) is 10.6 Å². The smallest absolute Gasteiger partial charge is 0.409 e. The molecule has 1 aromatic carbocycles. The van der Waals surface area contributed by atoms with E-state index in [1.807, 2.05) is 0 Å². The lowest BCUT2D eigenvalue weighted by molar-refractivity contribution is -0.139. The van der Waals surface area contributed by atoms with Gasteiger partial charge in [-0.05, 0) is 49.9 Å². The second-order valence-corrected chi connectivity index (χ2v) is 7.15. The molecular weight excluding hydrogens is 420 g/mol. The van der Waals surface area contributed by atoms with Crippen molar-refractivity contribution in [1.82, 2.24) is 0 Å². The van der Waals surface area contributed by atoms with Crippen LogP contribution in [0.15, 0.2) is 24.3 Å². The summed E-state index contributed by atoms with van der Waals surface area (Å²) in [6, 6.07) is 0. The molecule has 0 aromatic heterocycles. The van der Waals surface area contributed by atoms with Crippen LogP contribution in [0, 0.1) is 13.8 Å². The van der Waals surface area contributed by atoms with E-state index < -0.39 is 24.1 Å². The number of amides is 2. The van der Waals surface area contributed by atoms with E-state index in [1.54, 1.807) is 13.8 Å². The minimum absolute atomic E-state index is 0.0112. The Hall–Kier alpha value is -3.82. The van der Waals surface area contributed by atoms with Crippen molar-refractivity contribution in [3.8, 4) is 0 Å². The van der Waals surface area contributed by atoms with Gasteiger partial charge in [-0.25, -0.2) is 19.2 Å². The van der Waals surface area contributed by atoms with Gasteiger partial charge < -0.3 is 19.7 Å². The minimum Gasteiger partial charge on any atom is -0.465 e. The molecule has 1 aromatic rings. The van der Waals surface area contributed by atoms with Crippen molar-refractivity contribution in [2.24, 2.45) is 0 Å². The summed E-state index contributed by atoms with van der Waals surface area (Å²) in [6.45, 7) is 13.3. The van der Waals surface area contributed by atoms with Crippen molar-refractivity contribution < 1.29 is 38.9 Å². The first-order chi connectivity index (χ1) is 14.9. The quantitative estimate of drug-likeness (QED) is 0.312. The van der Waals surface area contributed by atoms with Gasteiger partial charge in [0.25, 0.3) is 0 Å². The van der Waals surface area contributed by atoms with Crippen LogP contribution >= 0.6 is 0 Å².